The summed E-state index contributed by atoms with van der Waals surface area (Å²) >= 11 is 0. The summed E-state index contributed by atoms with van der Waals surface area (Å²) in [5.41, 5.74) is 1.47. The van der Waals surface area contributed by atoms with Crippen LogP contribution in [0.3, 0.4) is 0 Å². The van der Waals surface area contributed by atoms with E-state index in [1.165, 1.54) is 0 Å². The smallest absolute Gasteiger partial charge is 0.383 e. The second-order valence-electron chi connectivity index (χ2n) is 4.14. The fraction of sp³-hybridized carbons (Fsp3) is 0.182. The van der Waals surface area contributed by atoms with Gasteiger partial charge in [-0.2, -0.15) is 21.6 Å². The number of hydrogen-bond acceptors (Lipinski definition) is 5. The van der Waals surface area contributed by atoms with Crippen molar-refractivity contribution in [2.45, 2.75) is 12.4 Å². The molecule has 21 heavy (non-hydrogen) atoms. The van der Waals surface area contributed by atoms with Gasteiger partial charge in [0, 0.05) is 6.07 Å². The summed E-state index contributed by atoms with van der Waals surface area (Å²) in [6.07, 6.45) is 0. The van der Waals surface area contributed by atoms with Gasteiger partial charge in [-0.15, -0.1) is 5.10 Å². The first-order valence-corrected chi connectivity index (χ1v) is 6.94. The first-order chi connectivity index (χ1) is 9.60. The quantitative estimate of drug-likeness (QED) is 0.690. The second kappa shape index (κ2) is 4.95. The number of aromatic nitrogens is 2. The Morgan fingerprint density at radius 2 is 1.81 bits per heavy atom. The van der Waals surface area contributed by atoms with E-state index < -0.39 is 21.5 Å². The molecule has 0 saturated carbocycles. The van der Waals surface area contributed by atoms with E-state index in [0.717, 1.165) is 16.3 Å². The minimum atomic E-state index is -5.77. The van der Waals surface area contributed by atoms with Crippen molar-refractivity contribution in [3.05, 3.63) is 35.9 Å². The molecule has 6 nitrogen and oxygen atoms in total. The average molecular weight is 321 g/mol. The molecule has 10 heteroatoms. The zero-order valence-corrected chi connectivity index (χ0v) is 11.4. The van der Waals surface area contributed by atoms with Crippen LogP contribution in [0.1, 0.15) is 5.56 Å². The number of nitrogens with two attached hydrogens (primary N) is 1. The lowest BCUT2D eigenvalue weighted by molar-refractivity contribution is -0.0501. The maximum Gasteiger partial charge on any atom is 0.534 e. The van der Waals surface area contributed by atoms with E-state index in [0.29, 0.717) is 5.69 Å². The molecular weight excluding hydrogens is 311 g/mol. The molecular formula is C11H10F3N3O3S. The second-order valence-corrected chi connectivity index (χ2v) is 5.68. The number of nitrogens with zero attached hydrogens (tertiary/aromatic N) is 2. The van der Waals surface area contributed by atoms with Crippen LogP contribution < -0.4 is 9.92 Å². The summed E-state index contributed by atoms with van der Waals surface area (Å²) in [5, 5.41) is 3.60. The molecule has 0 radical (unpaired) electrons. The third kappa shape index (κ3) is 3.10. The minimum Gasteiger partial charge on any atom is -0.383 e. The molecule has 0 bridgehead atoms. The SMILES string of the molecule is Cc1ccc(-n2nc(OS(=O)(=O)C(F)(F)F)cc2N)cc1. The van der Waals surface area contributed by atoms with Crippen molar-refractivity contribution in [2.75, 3.05) is 5.73 Å². The fourth-order valence-corrected chi connectivity index (χ4v) is 1.87. The molecule has 0 aliphatic carbocycles. The van der Waals surface area contributed by atoms with Crippen LogP contribution >= 0.6 is 0 Å². The number of rotatable bonds is 3. The molecule has 1 heterocycles. The van der Waals surface area contributed by atoms with Gasteiger partial charge >= 0.3 is 15.6 Å². The number of benzene rings is 1. The predicted octanol–water partition coefficient (Wildman–Crippen LogP) is 1.99. The Kier molecular flexibility index (Phi) is 3.58. The van der Waals surface area contributed by atoms with Gasteiger partial charge in [0.05, 0.1) is 5.69 Å². The van der Waals surface area contributed by atoms with Crippen LogP contribution in [0, 0.1) is 6.92 Å². The molecule has 2 N–H and O–H groups in total. The number of hydrogen-bond donors (Lipinski definition) is 1. The number of halogens is 3. The summed E-state index contributed by atoms with van der Waals surface area (Å²) < 4.78 is 63.4. The van der Waals surface area contributed by atoms with E-state index in [4.69, 9.17) is 5.73 Å². The standard InChI is InChI=1S/C11H10F3N3O3S/c1-7-2-4-8(5-3-7)17-9(15)6-10(16-17)20-21(18,19)11(12,13)14/h2-6H,15H2,1H3. The topological polar surface area (TPSA) is 87.2 Å². The van der Waals surface area contributed by atoms with Crippen LogP contribution in [0.5, 0.6) is 5.88 Å². The van der Waals surface area contributed by atoms with E-state index in [2.05, 4.69) is 9.28 Å². The Labute approximate surface area is 118 Å². The zero-order chi connectivity index (χ0) is 15.8. The highest BCUT2D eigenvalue weighted by molar-refractivity contribution is 7.87. The molecule has 0 amide bonds. The van der Waals surface area contributed by atoms with E-state index in [1.807, 2.05) is 6.92 Å². The Morgan fingerprint density at radius 1 is 1.24 bits per heavy atom. The molecule has 0 unspecified atom stereocenters. The van der Waals surface area contributed by atoms with Crippen LogP contribution in [0.2, 0.25) is 0 Å². The van der Waals surface area contributed by atoms with Crippen LogP contribution in [0.4, 0.5) is 19.0 Å². The Balaban J connectivity index is 2.34. The molecule has 0 aliphatic rings. The molecule has 0 fully saturated rings. The number of alkyl halides is 3. The lowest BCUT2D eigenvalue weighted by atomic mass is 10.2. The van der Waals surface area contributed by atoms with Crippen molar-refractivity contribution < 1.29 is 25.8 Å². The van der Waals surface area contributed by atoms with Gasteiger partial charge in [0.2, 0.25) is 0 Å². The first-order valence-electron chi connectivity index (χ1n) is 5.53. The summed E-state index contributed by atoms with van der Waals surface area (Å²) in [6.45, 7) is 1.85. The molecule has 2 rings (SSSR count). The van der Waals surface area contributed by atoms with Crippen molar-refractivity contribution in [2.24, 2.45) is 0 Å². The molecule has 0 spiro atoms. The zero-order valence-electron chi connectivity index (χ0n) is 10.6. The van der Waals surface area contributed by atoms with Gasteiger partial charge in [-0.05, 0) is 19.1 Å². The van der Waals surface area contributed by atoms with E-state index in [1.54, 1.807) is 24.3 Å². The normalized spacial score (nSPS) is 12.4. The Hall–Kier alpha value is -2.23. The van der Waals surface area contributed by atoms with E-state index >= 15 is 0 Å². The third-order valence-corrected chi connectivity index (χ3v) is 3.43. The summed E-state index contributed by atoms with van der Waals surface area (Å²) in [5.74, 6) is -0.823. The van der Waals surface area contributed by atoms with Crippen molar-refractivity contribution in [1.29, 1.82) is 0 Å². The molecule has 0 aliphatic heterocycles. The van der Waals surface area contributed by atoms with Crippen molar-refractivity contribution in [3.8, 4) is 11.6 Å². The maximum absolute atomic E-state index is 12.2. The van der Waals surface area contributed by atoms with Crippen LogP contribution in [0.25, 0.3) is 5.69 Å². The highest BCUT2D eigenvalue weighted by atomic mass is 32.2. The molecule has 0 saturated heterocycles. The van der Waals surface area contributed by atoms with Crippen molar-refractivity contribution in [1.82, 2.24) is 9.78 Å². The number of aryl methyl sites for hydroxylation is 1. The van der Waals surface area contributed by atoms with Crippen molar-refractivity contribution >= 4 is 15.9 Å². The van der Waals surface area contributed by atoms with Gasteiger partial charge in [0.15, 0.2) is 0 Å². The van der Waals surface area contributed by atoms with E-state index in [9.17, 15) is 21.6 Å². The number of nitrogen functional groups attached to an aromatic ring is 1. The van der Waals surface area contributed by atoms with Crippen LogP contribution in [0.15, 0.2) is 30.3 Å². The molecule has 2 aromatic rings. The molecule has 1 aromatic heterocycles. The molecule has 0 atom stereocenters. The lowest BCUT2D eigenvalue weighted by Gasteiger charge is -2.06. The largest absolute Gasteiger partial charge is 0.534 e. The highest BCUT2D eigenvalue weighted by Crippen LogP contribution is 2.27. The van der Waals surface area contributed by atoms with Gasteiger partial charge in [-0.1, -0.05) is 17.7 Å². The first kappa shape index (κ1) is 15.2. The van der Waals surface area contributed by atoms with Gasteiger partial charge < -0.3 is 9.92 Å². The average Bonchev–Trinajstić information content (AvgIpc) is 2.69. The summed E-state index contributed by atoms with van der Waals surface area (Å²) in [7, 11) is -5.77. The third-order valence-electron chi connectivity index (χ3n) is 2.47. The Morgan fingerprint density at radius 3 is 2.33 bits per heavy atom. The monoisotopic (exact) mass is 321 g/mol. The molecule has 114 valence electrons. The van der Waals surface area contributed by atoms with Gasteiger partial charge in [-0.3, -0.25) is 0 Å². The maximum atomic E-state index is 12.2. The Bertz CT molecular complexity index is 751. The van der Waals surface area contributed by atoms with Crippen molar-refractivity contribution in [3.63, 3.8) is 0 Å². The van der Waals surface area contributed by atoms with Gasteiger partial charge in [0.25, 0.3) is 5.88 Å². The molecule has 1 aromatic carbocycles. The van der Waals surface area contributed by atoms with Gasteiger partial charge in [0.1, 0.15) is 5.82 Å². The van der Waals surface area contributed by atoms with Crippen LogP contribution in [-0.2, 0) is 10.1 Å². The van der Waals surface area contributed by atoms with E-state index in [-0.39, 0.29) is 5.82 Å². The predicted molar refractivity (Wildman–Crippen MR) is 68.3 cm³/mol. The summed E-state index contributed by atoms with van der Waals surface area (Å²) in [4.78, 5) is 0. The number of anilines is 1. The fourth-order valence-electron chi connectivity index (χ4n) is 1.47. The minimum absolute atomic E-state index is 0.0637. The van der Waals surface area contributed by atoms with Gasteiger partial charge in [-0.25, -0.2) is 4.68 Å². The summed E-state index contributed by atoms with van der Waals surface area (Å²) in [6, 6.07) is 7.62. The van der Waals surface area contributed by atoms with Crippen LogP contribution in [-0.4, -0.2) is 23.7 Å². The lowest BCUT2D eigenvalue weighted by Crippen LogP contribution is -2.28. The highest BCUT2D eigenvalue weighted by Gasteiger charge is 2.49.